The Morgan fingerprint density at radius 2 is 1.41 bits per heavy atom. The van der Waals surface area contributed by atoms with E-state index in [9.17, 15) is 14.4 Å². The SMILES string of the molecule is Cc1ccccc1NC(=O)NCc1ccc(N2C(=O)c3ccccc3C2=O)cc1. The fourth-order valence-corrected chi connectivity index (χ4v) is 3.25. The molecule has 0 radical (unpaired) electrons. The molecule has 0 aromatic heterocycles. The van der Waals surface area contributed by atoms with Crippen LogP contribution in [0.15, 0.2) is 72.8 Å². The molecule has 4 rings (SSSR count). The van der Waals surface area contributed by atoms with Gasteiger partial charge in [0.05, 0.1) is 16.8 Å². The Kier molecular flexibility index (Phi) is 4.83. The summed E-state index contributed by atoms with van der Waals surface area (Å²) in [5, 5.41) is 5.61. The topological polar surface area (TPSA) is 78.5 Å². The van der Waals surface area contributed by atoms with Crippen LogP contribution in [0.1, 0.15) is 31.8 Å². The summed E-state index contributed by atoms with van der Waals surface area (Å²) in [5.41, 5.74) is 3.92. The van der Waals surface area contributed by atoms with Crippen LogP contribution in [-0.4, -0.2) is 17.8 Å². The van der Waals surface area contributed by atoms with Gasteiger partial charge < -0.3 is 10.6 Å². The first-order valence-corrected chi connectivity index (χ1v) is 9.22. The normalized spacial score (nSPS) is 12.7. The number of rotatable bonds is 4. The Labute approximate surface area is 168 Å². The Hall–Kier alpha value is -3.93. The summed E-state index contributed by atoms with van der Waals surface area (Å²) in [4.78, 5) is 38.4. The molecule has 1 aliphatic heterocycles. The van der Waals surface area contributed by atoms with Crippen molar-refractivity contribution >= 4 is 29.2 Å². The van der Waals surface area contributed by atoms with Gasteiger partial charge in [0.1, 0.15) is 0 Å². The van der Waals surface area contributed by atoms with Crippen molar-refractivity contribution in [2.45, 2.75) is 13.5 Å². The minimum atomic E-state index is -0.325. The first kappa shape index (κ1) is 18.4. The van der Waals surface area contributed by atoms with Crippen LogP contribution in [-0.2, 0) is 6.54 Å². The predicted molar refractivity (Wildman–Crippen MR) is 111 cm³/mol. The van der Waals surface area contributed by atoms with Gasteiger partial charge in [-0.15, -0.1) is 0 Å². The molecule has 0 unspecified atom stereocenters. The monoisotopic (exact) mass is 385 g/mol. The maximum Gasteiger partial charge on any atom is 0.319 e. The van der Waals surface area contributed by atoms with Gasteiger partial charge in [0.25, 0.3) is 11.8 Å². The van der Waals surface area contributed by atoms with Gasteiger partial charge in [-0.25, -0.2) is 9.69 Å². The van der Waals surface area contributed by atoms with Crippen molar-refractivity contribution < 1.29 is 14.4 Å². The van der Waals surface area contributed by atoms with Crippen LogP contribution in [0.25, 0.3) is 0 Å². The van der Waals surface area contributed by atoms with E-state index in [-0.39, 0.29) is 17.8 Å². The summed E-state index contributed by atoms with van der Waals surface area (Å²) in [6.07, 6.45) is 0. The standard InChI is InChI=1S/C23H19N3O3/c1-15-6-2-5-9-20(15)25-23(29)24-14-16-10-12-17(13-11-16)26-21(27)18-7-3-4-8-19(18)22(26)28/h2-13H,14H2,1H3,(H2,24,25,29). The van der Waals surface area contributed by atoms with Crippen molar-refractivity contribution in [3.05, 3.63) is 95.1 Å². The summed E-state index contributed by atoms with van der Waals surface area (Å²) in [6, 6.07) is 21.0. The zero-order chi connectivity index (χ0) is 20.4. The number of aryl methyl sites for hydroxylation is 1. The van der Waals surface area contributed by atoms with Gasteiger partial charge in [-0.05, 0) is 48.4 Å². The second-order valence-electron chi connectivity index (χ2n) is 6.78. The number of para-hydroxylation sites is 1. The van der Waals surface area contributed by atoms with Gasteiger partial charge in [-0.3, -0.25) is 9.59 Å². The number of nitrogens with one attached hydrogen (secondary N) is 2. The van der Waals surface area contributed by atoms with E-state index >= 15 is 0 Å². The van der Waals surface area contributed by atoms with Crippen LogP contribution < -0.4 is 15.5 Å². The summed E-state index contributed by atoms with van der Waals surface area (Å²) in [6.45, 7) is 2.24. The lowest BCUT2D eigenvalue weighted by Crippen LogP contribution is -2.29. The number of carbonyl (C=O) groups excluding carboxylic acids is 3. The van der Waals surface area contributed by atoms with E-state index in [2.05, 4.69) is 10.6 Å². The molecule has 0 saturated heterocycles. The van der Waals surface area contributed by atoms with Crippen molar-refractivity contribution in [3.63, 3.8) is 0 Å². The number of fused-ring (bicyclic) bond motifs is 1. The lowest BCUT2D eigenvalue weighted by atomic mass is 10.1. The van der Waals surface area contributed by atoms with E-state index in [1.54, 1.807) is 48.5 Å². The van der Waals surface area contributed by atoms with Gasteiger partial charge >= 0.3 is 6.03 Å². The van der Waals surface area contributed by atoms with Gasteiger partial charge in [0.2, 0.25) is 0 Å². The molecule has 3 aromatic carbocycles. The molecule has 6 heteroatoms. The molecule has 1 heterocycles. The highest BCUT2D eigenvalue weighted by molar-refractivity contribution is 6.34. The molecular weight excluding hydrogens is 366 g/mol. The first-order valence-electron chi connectivity index (χ1n) is 9.22. The summed E-state index contributed by atoms with van der Waals surface area (Å²) < 4.78 is 0. The van der Waals surface area contributed by atoms with E-state index < -0.39 is 0 Å². The Balaban J connectivity index is 1.40. The van der Waals surface area contributed by atoms with E-state index in [0.717, 1.165) is 16.8 Å². The Morgan fingerprint density at radius 1 is 0.828 bits per heavy atom. The number of anilines is 2. The van der Waals surface area contributed by atoms with Crippen LogP contribution >= 0.6 is 0 Å². The van der Waals surface area contributed by atoms with Crippen LogP contribution in [0.2, 0.25) is 0 Å². The highest BCUT2D eigenvalue weighted by atomic mass is 16.2. The highest BCUT2D eigenvalue weighted by Crippen LogP contribution is 2.28. The van der Waals surface area contributed by atoms with Crippen LogP contribution in [0.3, 0.4) is 0 Å². The summed E-state index contributed by atoms with van der Waals surface area (Å²) >= 11 is 0. The zero-order valence-electron chi connectivity index (χ0n) is 15.8. The average Bonchev–Trinajstić information content (AvgIpc) is 2.99. The molecule has 0 aliphatic carbocycles. The highest BCUT2D eigenvalue weighted by Gasteiger charge is 2.36. The molecule has 0 bridgehead atoms. The third-order valence-electron chi connectivity index (χ3n) is 4.83. The zero-order valence-corrected chi connectivity index (χ0v) is 15.8. The van der Waals surface area contributed by atoms with E-state index in [4.69, 9.17) is 0 Å². The van der Waals surface area contributed by atoms with E-state index in [1.165, 1.54) is 4.90 Å². The number of benzene rings is 3. The number of amides is 4. The van der Waals surface area contributed by atoms with E-state index in [0.29, 0.717) is 23.4 Å². The largest absolute Gasteiger partial charge is 0.334 e. The van der Waals surface area contributed by atoms with Crippen molar-refractivity contribution in [1.29, 1.82) is 0 Å². The molecule has 1 aliphatic rings. The second-order valence-corrected chi connectivity index (χ2v) is 6.78. The minimum absolute atomic E-state index is 0.302. The molecule has 144 valence electrons. The Bertz CT molecular complexity index is 1070. The van der Waals surface area contributed by atoms with Crippen molar-refractivity contribution in [2.75, 3.05) is 10.2 Å². The second kappa shape index (κ2) is 7.59. The molecule has 4 amide bonds. The van der Waals surface area contributed by atoms with Crippen LogP contribution in [0.4, 0.5) is 16.2 Å². The number of urea groups is 1. The molecule has 2 N–H and O–H groups in total. The minimum Gasteiger partial charge on any atom is -0.334 e. The van der Waals surface area contributed by atoms with Crippen molar-refractivity contribution in [1.82, 2.24) is 5.32 Å². The Morgan fingerprint density at radius 3 is 2.03 bits per heavy atom. The van der Waals surface area contributed by atoms with Crippen LogP contribution in [0.5, 0.6) is 0 Å². The molecule has 3 aromatic rings. The number of hydrogen-bond acceptors (Lipinski definition) is 3. The van der Waals surface area contributed by atoms with E-state index in [1.807, 2.05) is 31.2 Å². The predicted octanol–water partition coefficient (Wildman–Crippen LogP) is 4.12. The quantitative estimate of drug-likeness (QED) is 0.663. The molecule has 0 saturated carbocycles. The lowest BCUT2D eigenvalue weighted by molar-refractivity contribution is 0.0926. The molecule has 6 nitrogen and oxygen atoms in total. The molecule has 0 fully saturated rings. The van der Waals surface area contributed by atoms with Crippen molar-refractivity contribution in [2.24, 2.45) is 0 Å². The van der Waals surface area contributed by atoms with Gasteiger partial charge in [-0.1, -0.05) is 42.5 Å². The number of imide groups is 1. The molecular formula is C23H19N3O3. The van der Waals surface area contributed by atoms with Gasteiger partial charge in [0.15, 0.2) is 0 Å². The smallest absolute Gasteiger partial charge is 0.319 e. The first-order chi connectivity index (χ1) is 14.0. The maximum absolute atomic E-state index is 12.5. The molecule has 29 heavy (non-hydrogen) atoms. The summed E-state index contributed by atoms with van der Waals surface area (Å²) in [7, 11) is 0. The fraction of sp³-hybridized carbons (Fsp3) is 0.0870. The average molecular weight is 385 g/mol. The number of hydrogen-bond donors (Lipinski definition) is 2. The lowest BCUT2D eigenvalue weighted by Gasteiger charge is -2.14. The van der Waals surface area contributed by atoms with Crippen molar-refractivity contribution in [3.8, 4) is 0 Å². The summed E-state index contributed by atoms with van der Waals surface area (Å²) in [5.74, 6) is -0.650. The number of carbonyl (C=O) groups is 3. The fourth-order valence-electron chi connectivity index (χ4n) is 3.25. The third-order valence-corrected chi connectivity index (χ3v) is 4.83. The van der Waals surface area contributed by atoms with Gasteiger partial charge in [-0.2, -0.15) is 0 Å². The molecule has 0 spiro atoms. The number of nitrogens with zero attached hydrogens (tertiary/aromatic N) is 1. The third kappa shape index (κ3) is 3.60. The van der Waals surface area contributed by atoms with Gasteiger partial charge in [0, 0.05) is 12.2 Å². The molecule has 0 atom stereocenters. The van der Waals surface area contributed by atoms with Crippen LogP contribution in [0, 0.1) is 6.92 Å². The maximum atomic E-state index is 12.5.